The number of esters is 8. The third-order valence-corrected chi connectivity index (χ3v) is 17.8. The molecule has 0 aromatic heterocycles. The summed E-state index contributed by atoms with van der Waals surface area (Å²) in [5.41, 5.74) is -2.80. The van der Waals surface area contributed by atoms with Crippen molar-refractivity contribution < 1.29 is 108 Å². The molecule has 5 saturated heterocycles. The Morgan fingerprint density at radius 3 is 1.48 bits per heavy atom. The molecule has 5 heterocycles. The van der Waals surface area contributed by atoms with E-state index in [2.05, 4.69) is 19.2 Å². The van der Waals surface area contributed by atoms with Crippen LogP contribution in [0.25, 0.3) is 0 Å². The standard InChI is InChI=1S/C16H26O7.C15H27NO5.C15H26O7S.C13H22O4S/c1-6-15(4,8-20-10(2)3)14(18)21-9-16(5)22-11-7-19-13(17)12(11)23-16;1-5-15(4,9-20-11(2)3)14(18)21-10-16-8-12-6-7-19-13(12)17;1-5-15(4,9-21-11(2)3)14(17)22-10-23(18,19)8-12-6-7-20-13(12)16;1-5-13(4,8-18-9(2)3)12(15)17-10-6-7-16-11(10)14/h10-12H,6-9H2,1-5H3;11-12,16H,5-10H2,1-4H3;11-12H,5-10H2,1-4H3;9-10H,5-8H2,1-4H3. The summed E-state index contributed by atoms with van der Waals surface area (Å²) in [6, 6.07) is 0. The summed E-state index contributed by atoms with van der Waals surface area (Å²) < 4.78 is 92.0. The van der Waals surface area contributed by atoms with E-state index in [1.54, 1.807) is 25.6 Å². The zero-order chi connectivity index (χ0) is 64.6. The number of carbonyl (C=O) groups is 8. The fourth-order valence-corrected chi connectivity index (χ4v) is 10.2. The predicted molar refractivity (Wildman–Crippen MR) is 312 cm³/mol. The molecule has 0 aromatic carbocycles. The summed E-state index contributed by atoms with van der Waals surface area (Å²) in [6.07, 6.45) is 2.18. The molecule has 85 heavy (non-hydrogen) atoms. The van der Waals surface area contributed by atoms with Gasteiger partial charge in [-0.15, -0.1) is 0 Å². The van der Waals surface area contributed by atoms with Crippen molar-refractivity contribution in [2.45, 2.75) is 210 Å². The highest BCUT2D eigenvalue weighted by molar-refractivity contribution is 7.99. The minimum atomic E-state index is -3.68. The van der Waals surface area contributed by atoms with E-state index in [0.717, 1.165) is 0 Å². The predicted octanol–water partition coefficient (Wildman–Crippen LogP) is 6.62. The monoisotopic (exact) mass is 1260 g/mol. The van der Waals surface area contributed by atoms with Crippen LogP contribution in [0.1, 0.15) is 163 Å². The van der Waals surface area contributed by atoms with E-state index in [4.69, 9.17) is 61.6 Å². The van der Waals surface area contributed by atoms with Crippen LogP contribution >= 0.6 is 11.8 Å². The number of carbonyl (C=O) groups excluding carboxylic acids is 8. The van der Waals surface area contributed by atoms with Crippen LogP contribution in [0.4, 0.5) is 0 Å². The Labute approximate surface area is 508 Å². The van der Waals surface area contributed by atoms with Gasteiger partial charge in [-0.3, -0.25) is 34.1 Å². The van der Waals surface area contributed by atoms with Gasteiger partial charge in [-0.2, -0.15) is 11.8 Å². The molecule has 492 valence electrons. The third-order valence-electron chi connectivity index (χ3n) is 15.0. The average molecular weight is 1260 g/mol. The molecule has 10 atom stereocenters. The molecular formula is C59H101NO23S2. The van der Waals surface area contributed by atoms with Crippen molar-refractivity contribution in [2.24, 2.45) is 33.5 Å². The lowest BCUT2D eigenvalue weighted by Crippen LogP contribution is -2.40. The molecule has 0 aromatic rings. The van der Waals surface area contributed by atoms with Gasteiger partial charge in [-0.1, -0.05) is 41.5 Å². The quantitative estimate of drug-likeness (QED) is 0.0330. The molecule has 10 unspecified atom stereocenters. The van der Waals surface area contributed by atoms with Crippen LogP contribution in [0.5, 0.6) is 0 Å². The average Bonchev–Trinajstić information content (AvgIpc) is 4.45. The molecule has 5 fully saturated rings. The van der Waals surface area contributed by atoms with Gasteiger partial charge < -0.3 is 61.6 Å². The Morgan fingerprint density at radius 2 is 1.06 bits per heavy atom. The Balaban J connectivity index is 0.000000388. The summed E-state index contributed by atoms with van der Waals surface area (Å²) in [4.78, 5) is 94.3. The van der Waals surface area contributed by atoms with Crippen molar-refractivity contribution in [3.8, 4) is 0 Å². The van der Waals surface area contributed by atoms with Crippen LogP contribution in [0.3, 0.4) is 0 Å². The number of thioether (sulfide) groups is 1. The Bertz CT molecular complexity index is 2280. The first-order valence-corrected chi connectivity index (χ1v) is 32.6. The van der Waals surface area contributed by atoms with Gasteiger partial charge in [0.1, 0.15) is 26.0 Å². The molecule has 0 saturated carbocycles. The van der Waals surface area contributed by atoms with E-state index < -0.39 is 91.3 Å². The molecule has 24 nitrogen and oxygen atoms in total. The van der Waals surface area contributed by atoms with Crippen LogP contribution in [-0.4, -0.2) is 187 Å². The first-order valence-electron chi connectivity index (χ1n) is 29.7. The number of sulfone groups is 1. The highest BCUT2D eigenvalue weighted by Gasteiger charge is 2.54. The Kier molecular flexibility index (Phi) is 32.3. The van der Waals surface area contributed by atoms with Gasteiger partial charge in [-0.05, 0) is 120 Å². The molecule has 0 radical (unpaired) electrons. The van der Waals surface area contributed by atoms with E-state index in [1.165, 1.54) is 0 Å². The minimum Gasteiger partial charge on any atom is -0.465 e. The fraction of sp³-hybridized carbons (Fsp3) is 0.864. The summed E-state index contributed by atoms with van der Waals surface area (Å²) in [6.45, 7) is 34.6. The van der Waals surface area contributed by atoms with Gasteiger partial charge in [0.05, 0.1) is 97.2 Å². The maximum absolute atomic E-state index is 12.4. The van der Waals surface area contributed by atoms with Crippen molar-refractivity contribution >= 4 is 69.4 Å². The second-order valence-corrected chi connectivity index (χ2v) is 27.9. The molecule has 5 aliphatic rings. The Hall–Kier alpha value is -4.18. The fourth-order valence-electron chi connectivity index (χ4n) is 7.85. The summed E-state index contributed by atoms with van der Waals surface area (Å²) in [5, 5.41) is 3.44. The zero-order valence-electron chi connectivity index (χ0n) is 53.5. The zero-order valence-corrected chi connectivity index (χ0v) is 55.2. The molecule has 26 heteroatoms. The third kappa shape index (κ3) is 25.8. The molecule has 5 rings (SSSR count). The van der Waals surface area contributed by atoms with Crippen molar-refractivity contribution in [3.05, 3.63) is 0 Å². The molecule has 0 aliphatic carbocycles. The van der Waals surface area contributed by atoms with E-state index in [1.807, 2.05) is 90.0 Å². The number of hydrogen-bond donors (Lipinski definition) is 1. The van der Waals surface area contributed by atoms with Gasteiger partial charge in [0.25, 0.3) is 0 Å². The van der Waals surface area contributed by atoms with Crippen molar-refractivity contribution in [2.75, 3.05) is 83.6 Å². The molecule has 0 bridgehead atoms. The van der Waals surface area contributed by atoms with E-state index in [-0.39, 0.29) is 93.6 Å². The lowest BCUT2D eigenvalue weighted by molar-refractivity contribution is -0.216. The topological polar surface area (TPSA) is 303 Å². The maximum atomic E-state index is 12.4. The van der Waals surface area contributed by atoms with Crippen LogP contribution in [0.15, 0.2) is 0 Å². The number of rotatable bonds is 31. The van der Waals surface area contributed by atoms with Crippen LogP contribution in [0, 0.1) is 33.5 Å². The van der Waals surface area contributed by atoms with Crippen molar-refractivity contribution in [1.82, 2.24) is 5.32 Å². The maximum Gasteiger partial charge on any atom is 0.347 e. The van der Waals surface area contributed by atoms with E-state index >= 15 is 0 Å². The van der Waals surface area contributed by atoms with E-state index in [9.17, 15) is 46.8 Å². The van der Waals surface area contributed by atoms with Crippen molar-refractivity contribution in [1.29, 1.82) is 0 Å². The number of fused-ring (bicyclic) bond motifs is 1. The minimum absolute atomic E-state index is 0.0363. The second kappa shape index (κ2) is 35.7. The largest absolute Gasteiger partial charge is 0.465 e. The number of cyclic esters (lactones) is 4. The number of ether oxygens (including phenoxy) is 13. The molecule has 0 spiro atoms. The first-order chi connectivity index (χ1) is 39.6. The first kappa shape index (κ1) is 76.9. The number of hydrogen-bond acceptors (Lipinski definition) is 25. The number of nitrogens with one attached hydrogen (secondary N) is 1. The van der Waals surface area contributed by atoms with Gasteiger partial charge in [0, 0.05) is 18.7 Å². The van der Waals surface area contributed by atoms with Gasteiger partial charge in [0.15, 0.2) is 21.9 Å². The molecule has 0 amide bonds. The Morgan fingerprint density at radius 1 is 0.600 bits per heavy atom. The van der Waals surface area contributed by atoms with E-state index in [0.29, 0.717) is 82.3 Å². The van der Waals surface area contributed by atoms with Gasteiger partial charge in [0.2, 0.25) is 11.9 Å². The summed E-state index contributed by atoms with van der Waals surface area (Å²) >= 11 is 1.73. The van der Waals surface area contributed by atoms with Crippen LogP contribution in [0.2, 0.25) is 0 Å². The highest BCUT2D eigenvalue weighted by Crippen LogP contribution is 2.35. The SMILES string of the molecule is CCC(C)(COC(C)C)C(=O)OCC1(C)OC2COC(=O)C2O1.CCC(C)(COC(C)C)C(=O)OCNCC1CCOC1=O.CCC(C)(COC(C)C)C(=O)OCS(=O)(=O)CC1CCOC1=O.CCC(C)(CSC(C)C)C(=O)OC1CCOC1=O. The lowest BCUT2D eigenvalue weighted by Gasteiger charge is -2.29. The lowest BCUT2D eigenvalue weighted by atomic mass is 9.88. The molecular weight excluding hydrogens is 1150 g/mol. The summed E-state index contributed by atoms with van der Waals surface area (Å²) in [7, 11) is -3.68. The van der Waals surface area contributed by atoms with Crippen LogP contribution < -0.4 is 5.32 Å². The summed E-state index contributed by atoms with van der Waals surface area (Å²) in [5.74, 6) is -5.41. The highest BCUT2D eigenvalue weighted by atomic mass is 32.2. The van der Waals surface area contributed by atoms with Crippen LogP contribution in [-0.2, 0) is 110 Å². The molecule has 1 N–H and O–H groups in total. The second-order valence-electron chi connectivity index (χ2n) is 24.3. The van der Waals surface area contributed by atoms with Gasteiger partial charge >= 0.3 is 47.8 Å². The normalized spacial score (nSPS) is 24.6. The van der Waals surface area contributed by atoms with Crippen molar-refractivity contribution in [3.63, 3.8) is 0 Å². The molecule has 5 aliphatic heterocycles. The smallest absolute Gasteiger partial charge is 0.347 e. The van der Waals surface area contributed by atoms with Gasteiger partial charge in [-0.25, -0.2) is 18.0 Å².